The maximum atomic E-state index is 13.0. The summed E-state index contributed by atoms with van der Waals surface area (Å²) in [4.78, 5) is 37.6. The van der Waals surface area contributed by atoms with Gasteiger partial charge in [0.2, 0.25) is 0 Å². The van der Waals surface area contributed by atoms with Gasteiger partial charge in [-0.2, -0.15) is 0 Å². The van der Waals surface area contributed by atoms with Gasteiger partial charge in [-0.3, -0.25) is 19.7 Å². The van der Waals surface area contributed by atoms with Gasteiger partial charge >= 0.3 is 0 Å². The SMILES string of the molecule is O=C(N/C(=C\C=C\c1ccccc1)C(=O)N1CCCCC1)c1ccc([N+](=O)[O-])cc1. The molecule has 0 aliphatic carbocycles. The molecular weight excluding hydrogens is 382 g/mol. The average molecular weight is 405 g/mol. The highest BCUT2D eigenvalue weighted by molar-refractivity contribution is 6.03. The van der Waals surface area contributed by atoms with Crippen LogP contribution in [0.3, 0.4) is 0 Å². The fourth-order valence-electron chi connectivity index (χ4n) is 3.18. The van der Waals surface area contributed by atoms with Gasteiger partial charge in [-0.05, 0) is 43.0 Å². The van der Waals surface area contributed by atoms with Gasteiger partial charge in [-0.1, -0.05) is 42.5 Å². The van der Waals surface area contributed by atoms with Crippen LogP contribution in [0.5, 0.6) is 0 Å². The van der Waals surface area contributed by atoms with Gasteiger partial charge in [0.15, 0.2) is 0 Å². The monoisotopic (exact) mass is 405 g/mol. The predicted octanol–water partition coefficient (Wildman–Crippen LogP) is 3.93. The number of nitro groups is 1. The third-order valence-corrected chi connectivity index (χ3v) is 4.81. The highest BCUT2D eigenvalue weighted by Crippen LogP contribution is 2.14. The lowest BCUT2D eigenvalue weighted by atomic mass is 10.1. The summed E-state index contributed by atoms with van der Waals surface area (Å²) in [5.74, 6) is -0.725. The van der Waals surface area contributed by atoms with E-state index in [-0.39, 0.29) is 22.9 Å². The molecule has 1 saturated heterocycles. The van der Waals surface area contributed by atoms with Crippen molar-refractivity contribution in [3.05, 3.63) is 93.7 Å². The van der Waals surface area contributed by atoms with E-state index in [2.05, 4.69) is 5.32 Å². The van der Waals surface area contributed by atoms with E-state index in [0.29, 0.717) is 13.1 Å². The molecule has 1 fully saturated rings. The molecule has 2 amide bonds. The number of nitrogens with one attached hydrogen (secondary N) is 1. The first kappa shape index (κ1) is 21.0. The minimum Gasteiger partial charge on any atom is -0.337 e. The summed E-state index contributed by atoms with van der Waals surface area (Å²) in [7, 11) is 0. The second-order valence-electron chi connectivity index (χ2n) is 6.96. The molecule has 0 atom stereocenters. The van der Waals surface area contributed by atoms with Crippen molar-refractivity contribution in [3.8, 4) is 0 Å². The molecule has 0 spiro atoms. The van der Waals surface area contributed by atoms with Crippen LogP contribution in [-0.2, 0) is 4.79 Å². The van der Waals surface area contributed by atoms with Crippen LogP contribution in [0.1, 0.15) is 35.2 Å². The van der Waals surface area contributed by atoms with Crippen LogP contribution in [0.25, 0.3) is 6.08 Å². The summed E-state index contributed by atoms with van der Waals surface area (Å²) >= 11 is 0. The molecule has 30 heavy (non-hydrogen) atoms. The molecule has 0 unspecified atom stereocenters. The number of hydrogen-bond acceptors (Lipinski definition) is 4. The Labute approximate surface area is 174 Å². The van der Waals surface area contributed by atoms with Gasteiger partial charge in [0.1, 0.15) is 5.70 Å². The number of carbonyl (C=O) groups excluding carboxylic acids is 2. The van der Waals surface area contributed by atoms with Gasteiger partial charge in [0.25, 0.3) is 17.5 Å². The van der Waals surface area contributed by atoms with Crippen molar-refractivity contribution in [1.82, 2.24) is 10.2 Å². The van der Waals surface area contributed by atoms with E-state index in [4.69, 9.17) is 0 Å². The van der Waals surface area contributed by atoms with E-state index in [1.807, 2.05) is 36.4 Å². The molecule has 2 aromatic rings. The van der Waals surface area contributed by atoms with E-state index >= 15 is 0 Å². The molecule has 1 aliphatic rings. The van der Waals surface area contributed by atoms with Crippen molar-refractivity contribution < 1.29 is 14.5 Å². The molecule has 1 heterocycles. The zero-order valence-corrected chi connectivity index (χ0v) is 16.5. The number of non-ortho nitro benzene ring substituents is 1. The lowest BCUT2D eigenvalue weighted by molar-refractivity contribution is -0.384. The Morgan fingerprint density at radius 1 is 0.967 bits per heavy atom. The van der Waals surface area contributed by atoms with Crippen LogP contribution in [-0.4, -0.2) is 34.7 Å². The van der Waals surface area contributed by atoms with Gasteiger partial charge in [-0.15, -0.1) is 0 Å². The number of hydrogen-bond donors (Lipinski definition) is 1. The smallest absolute Gasteiger partial charge is 0.270 e. The number of carbonyl (C=O) groups is 2. The molecule has 0 radical (unpaired) electrons. The molecule has 0 saturated carbocycles. The Morgan fingerprint density at radius 2 is 1.63 bits per heavy atom. The van der Waals surface area contributed by atoms with E-state index in [9.17, 15) is 19.7 Å². The Balaban J connectivity index is 1.79. The third kappa shape index (κ3) is 5.64. The molecule has 154 valence electrons. The highest BCUT2D eigenvalue weighted by atomic mass is 16.6. The van der Waals surface area contributed by atoms with E-state index in [1.165, 1.54) is 24.3 Å². The van der Waals surface area contributed by atoms with Crippen LogP contribution in [0.2, 0.25) is 0 Å². The zero-order valence-electron chi connectivity index (χ0n) is 16.5. The molecule has 1 aliphatic heterocycles. The topological polar surface area (TPSA) is 92.6 Å². The molecule has 0 bridgehead atoms. The second kappa shape index (κ2) is 10.2. The first-order chi connectivity index (χ1) is 14.5. The van der Waals surface area contributed by atoms with E-state index in [1.54, 1.807) is 17.1 Å². The maximum Gasteiger partial charge on any atom is 0.270 e. The minimum absolute atomic E-state index is 0.0995. The second-order valence-corrected chi connectivity index (χ2v) is 6.96. The number of nitrogens with zero attached hydrogens (tertiary/aromatic N) is 2. The lowest BCUT2D eigenvalue weighted by Crippen LogP contribution is -2.41. The Hall–Kier alpha value is -3.74. The van der Waals surface area contributed by atoms with Gasteiger partial charge in [0, 0.05) is 30.8 Å². The molecular formula is C23H23N3O4. The van der Waals surface area contributed by atoms with Crippen molar-refractivity contribution in [1.29, 1.82) is 0 Å². The predicted molar refractivity (Wildman–Crippen MR) is 115 cm³/mol. The molecule has 1 N–H and O–H groups in total. The summed E-state index contributed by atoms with van der Waals surface area (Å²) in [6, 6.07) is 14.9. The first-order valence-corrected chi connectivity index (χ1v) is 9.83. The van der Waals surface area contributed by atoms with Crippen molar-refractivity contribution in [3.63, 3.8) is 0 Å². The highest BCUT2D eigenvalue weighted by Gasteiger charge is 2.22. The van der Waals surface area contributed by atoms with Crippen LogP contribution in [0, 0.1) is 10.1 Å². The summed E-state index contributed by atoms with van der Waals surface area (Å²) < 4.78 is 0. The number of nitro benzene ring substituents is 1. The normalized spacial score (nSPS) is 14.5. The van der Waals surface area contributed by atoms with Crippen LogP contribution in [0.4, 0.5) is 5.69 Å². The van der Waals surface area contributed by atoms with Crippen LogP contribution < -0.4 is 5.32 Å². The summed E-state index contributed by atoms with van der Waals surface area (Å²) in [6.07, 6.45) is 8.13. The first-order valence-electron chi connectivity index (χ1n) is 9.83. The number of piperidine rings is 1. The van der Waals surface area contributed by atoms with Gasteiger partial charge < -0.3 is 10.2 Å². The third-order valence-electron chi connectivity index (χ3n) is 4.81. The number of allylic oxidation sites excluding steroid dienone is 2. The number of likely N-dealkylation sites (tertiary alicyclic amines) is 1. The Morgan fingerprint density at radius 3 is 2.27 bits per heavy atom. The molecule has 2 aromatic carbocycles. The molecule has 0 aromatic heterocycles. The molecule has 7 nitrogen and oxygen atoms in total. The average Bonchev–Trinajstić information content (AvgIpc) is 2.79. The van der Waals surface area contributed by atoms with E-state index < -0.39 is 10.8 Å². The molecule has 7 heteroatoms. The van der Waals surface area contributed by atoms with Crippen molar-refractivity contribution >= 4 is 23.6 Å². The summed E-state index contributed by atoms with van der Waals surface area (Å²) in [5, 5.41) is 13.5. The Bertz CT molecular complexity index is 960. The fourth-order valence-corrected chi connectivity index (χ4v) is 3.18. The quantitative estimate of drug-likeness (QED) is 0.341. The number of benzene rings is 2. The van der Waals surface area contributed by atoms with Crippen molar-refractivity contribution in [2.75, 3.05) is 13.1 Å². The lowest BCUT2D eigenvalue weighted by Gasteiger charge is -2.27. The minimum atomic E-state index is -0.527. The van der Waals surface area contributed by atoms with Gasteiger partial charge in [-0.25, -0.2) is 0 Å². The van der Waals surface area contributed by atoms with Gasteiger partial charge in [0.05, 0.1) is 4.92 Å². The molecule has 3 rings (SSSR count). The zero-order chi connectivity index (χ0) is 21.3. The number of amides is 2. The Kier molecular flexibility index (Phi) is 7.10. The fraction of sp³-hybridized carbons (Fsp3) is 0.217. The van der Waals surface area contributed by atoms with Crippen molar-refractivity contribution in [2.24, 2.45) is 0 Å². The largest absolute Gasteiger partial charge is 0.337 e. The van der Waals surface area contributed by atoms with Crippen LogP contribution in [0.15, 0.2) is 72.4 Å². The van der Waals surface area contributed by atoms with Crippen molar-refractivity contribution in [2.45, 2.75) is 19.3 Å². The standard InChI is InChI=1S/C23H23N3O4/c27-22(19-12-14-20(15-13-19)26(29)30)24-21(23(28)25-16-5-2-6-17-25)11-7-10-18-8-3-1-4-9-18/h1,3-4,7-15H,2,5-6,16-17H2,(H,24,27)/b10-7+,21-11-. The maximum absolute atomic E-state index is 13.0. The van der Waals surface area contributed by atoms with Crippen LogP contribution >= 0.6 is 0 Å². The van der Waals surface area contributed by atoms with E-state index in [0.717, 1.165) is 24.8 Å². The summed E-state index contributed by atoms with van der Waals surface area (Å²) in [5.41, 5.74) is 1.29. The summed E-state index contributed by atoms with van der Waals surface area (Å²) in [6.45, 7) is 1.32. The number of rotatable bonds is 6.